The molecule has 68 valence electrons. The van der Waals surface area contributed by atoms with Gasteiger partial charge in [-0.15, -0.1) is 0 Å². The molecular weight excluding hydrogens is 158 g/mol. The van der Waals surface area contributed by atoms with Gasteiger partial charge in [0.05, 0.1) is 6.04 Å². The van der Waals surface area contributed by atoms with Gasteiger partial charge < -0.3 is 10.0 Å². The second kappa shape index (κ2) is 3.23. The molecule has 1 N–H and O–H groups in total. The zero-order valence-corrected chi connectivity index (χ0v) is 7.28. The zero-order chi connectivity index (χ0) is 9.30. The number of ketones is 1. The molecule has 0 aliphatic carbocycles. The molecular formula is C8H13NO3. The smallest absolute Gasteiger partial charge is 0.222 e. The first-order valence-corrected chi connectivity index (χ1v) is 4.01. The van der Waals surface area contributed by atoms with Crippen molar-refractivity contribution < 1.29 is 14.7 Å². The highest BCUT2D eigenvalue weighted by Gasteiger charge is 2.36. The van der Waals surface area contributed by atoms with Crippen LogP contribution in [-0.2, 0) is 9.59 Å². The van der Waals surface area contributed by atoms with Crippen LogP contribution in [-0.4, -0.2) is 34.0 Å². The third kappa shape index (κ3) is 1.48. The summed E-state index contributed by atoms with van der Waals surface area (Å²) in [6.07, 6.45) is 0.316. The summed E-state index contributed by atoms with van der Waals surface area (Å²) in [4.78, 5) is 23.2. The molecule has 2 unspecified atom stereocenters. The maximum absolute atomic E-state index is 11.0. The van der Waals surface area contributed by atoms with E-state index in [4.69, 9.17) is 0 Å². The lowest BCUT2D eigenvalue weighted by Crippen LogP contribution is -2.42. The molecule has 2 atom stereocenters. The van der Waals surface area contributed by atoms with E-state index in [-0.39, 0.29) is 11.7 Å². The summed E-state index contributed by atoms with van der Waals surface area (Å²) in [5, 5.41) is 9.33. The Morgan fingerprint density at radius 3 is 2.25 bits per heavy atom. The quantitative estimate of drug-likeness (QED) is 0.599. The summed E-state index contributed by atoms with van der Waals surface area (Å²) in [6.45, 7) is 2.81. The summed E-state index contributed by atoms with van der Waals surface area (Å²) in [6, 6.07) is -0.405. The molecule has 1 rings (SSSR count). The molecule has 0 aromatic carbocycles. The number of hydrogen-bond donors (Lipinski definition) is 1. The van der Waals surface area contributed by atoms with Gasteiger partial charge in [0.25, 0.3) is 0 Å². The number of aliphatic hydroxyl groups excluding tert-OH is 1. The van der Waals surface area contributed by atoms with E-state index in [1.54, 1.807) is 0 Å². The van der Waals surface area contributed by atoms with Crippen LogP contribution in [0.15, 0.2) is 0 Å². The van der Waals surface area contributed by atoms with E-state index in [1.807, 2.05) is 0 Å². The summed E-state index contributed by atoms with van der Waals surface area (Å²) in [5.41, 5.74) is 0. The molecule has 1 aliphatic rings. The van der Waals surface area contributed by atoms with Gasteiger partial charge in [0.1, 0.15) is 6.23 Å². The minimum absolute atomic E-state index is 0.0539. The largest absolute Gasteiger partial charge is 0.374 e. The van der Waals surface area contributed by atoms with Crippen LogP contribution in [0, 0.1) is 0 Å². The number of aliphatic hydroxyl groups is 1. The fraction of sp³-hybridized carbons (Fsp3) is 0.750. The van der Waals surface area contributed by atoms with E-state index in [2.05, 4.69) is 0 Å². The molecule has 0 aromatic heterocycles. The molecule has 0 saturated carbocycles. The molecule has 0 aromatic rings. The first-order valence-electron chi connectivity index (χ1n) is 4.01. The van der Waals surface area contributed by atoms with E-state index in [9.17, 15) is 14.7 Å². The minimum Gasteiger partial charge on any atom is -0.374 e. The van der Waals surface area contributed by atoms with Crippen molar-refractivity contribution in [3.05, 3.63) is 0 Å². The van der Waals surface area contributed by atoms with Gasteiger partial charge in [0.15, 0.2) is 5.78 Å². The number of Topliss-reactive ketones (excluding diaryl/α,β-unsaturated/α-hetero) is 1. The molecule has 0 radical (unpaired) electrons. The van der Waals surface area contributed by atoms with Gasteiger partial charge in [-0.2, -0.15) is 0 Å². The van der Waals surface area contributed by atoms with Crippen molar-refractivity contribution in [2.75, 3.05) is 0 Å². The Morgan fingerprint density at radius 1 is 1.33 bits per heavy atom. The molecule has 12 heavy (non-hydrogen) atoms. The second-order valence-corrected chi connectivity index (χ2v) is 3.11. The van der Waals surface area contributed by atoms with Crippen molar-refractivity contribution in [1.82, 2.24) is 4.90 Å². The fourth-order valence-corrected chi connectivity index (χ4v) is 1.62. The normalized spacial score (nSPS) is 29.1. The molecule has 1 heterocycles. The number of rotatable bonds is 1. The highest BCUT2D eigenvalue weighted by Crippen LogP contribution is 2.22. The van der Waals surface area contributed by atoms with Crippen molar-refractivity contribution in [3.63, 3.8) is 0 Å². The van der Waals surface area contributed by atoms with Crippen LogP contribution in [0.5, 0.6) is 0 Å². The molecule has 4 heteroatoms. The molecule has 1 saturated heterocycles. The van der Waals surface area contributed by atoms with Crippen LogP contribution < -0.4 is 0 Å². The number of nitrogens with zero attached hydrogens (tertiary/aromatic N) is 1. The summed E-state index contributed by atoms with van der Waals surface area (Å²) in [7, 11) is 0. The average molecular weight is 171 g/mol. The van der Waals surface area contributed by atoms with Gasteiger partial charge in [-0.3, -0.25) is 9.59 Å². The van der Waals surface area contributed by atoms with E-state index in [1.165, 1.54) is 18.7 Å². The molecule has 1 fully saturated rings. The van der Waals surface area contributed by atoms with Crippen molar-refractivity contribution >= 4 is 11.7 Å². The first-order chi connectivity index (χ1) is 5.54. The number of hydrogen-bond acceptors (Lipinski definition) is 3. The summed E-state index contributed by atoms with van der Waals surface area (Å²) >= 11 is 0. The maximum Gasteiger partial charge on any atom is 0.222 e. The number of amides is 1. The maximum atomic E-state index is 11.0. The monoisotopic (exact) mass is 171 g/mol. The molecule has 0 spiro atoms. The summed E-state index contributed by atoms with van der Waals surface area (Å²) in [5.74, 6) is -0.290. The second-order valence-electron chi connectivity index (χ2n) is 3.11. The first kappa shape index (κ1) is 9.19. The van der Waals surface area contributed by atoms with Gasteiger partial charge in [-0.1, -0.05) is 0 Å². The molecule has 0 bridgehead atoms. The molecule has 4 nitrogen and oxygen atoms in total. The number of carbonyl (C=O) groups excluding carboxylic acids is 2. The van der Waals surface area contributed by atoms with E-state index in [0.717, 1.165) is 0 Å². The zero-order valence-electron chi connectivity index (χ0n) is 7.28. The molecule has 1 aliphatic heterocycles. The topological polar surface area (TPSA) is 57.6 Å². The van der Waals surface area contributed by atoms with Gasteiger partial charge in [-0.25, -0.2) is 0 Å². The Kier molecular flexibility index (Phi) is 2.47. The lowest BCUT2D eigenvalue weighted by molar-refractivity contribution is -0.143. The predicted molar refractivity (Wildman–Crippen MR) is 42.2 cm³/mol. The van der Waals surface area contributed by atoms with Crippen LogP contribution in [0.1, 0.15) is 26.7 Å². The highest BCUT2D eigenvalue weighted by atomic mass is 16.3. The van der Waals surface area contributed by atoms with Gasteiger partial charge >= 0.3 is 0 Å². The lowest BCUT2D eigenvalue weighted by Gasteiger charge is -2.24. The molecule has 1 amide bonds. The fourth-order valence-electron chi connectivity index (χ4n) is 1.62. The third-order valence-electron chi connectivity index (χ3n) is 2.19. The van der Waals surface area contributed by atoms with Gasteiger partial charge in [-0.05, 0) is 19.8 Å². The van der Waals surface area contributed by atoms with Crippen LogP contribution in [0.4, 0.5) is 0 Å². The Morgan fingerprint density at radius 2 is 1.92 bits per heavy atom. The Hall–Kier alpha value is -0.900. The van der Waals surface area contributed by atoms with Crippen LogP contribution in [0.3, 0.4) is 0 Å². The van der Waals surface area contributed by atoms with Crippen LogP contribution in [0.25, 0.3) is 0 Å². The lowest BCUT2D eigenvalue weighted by atomic mass is 10.1. The van der Waals surface area contributed by atoms with Crippen molar-refractivity contribution in [1.29, 1.82) is 0 Å². The van der Waals surface area contributed by atoms with Gasteiger partial charge in [0.2, 0.25) is 5.91 Å². The third-order valence-corrected chi connectivity index (χ3v) is 2.19. The van der Waals surface area contributed by atoms with E-state index >= 15 is 0 Å². The highest BCUT2D eigenvalue weighted by molar-refractivity contribution is 5.87. The SMILES string of the molecule is CC(=O)C1CCC(O)N1C(C)=O. The van der Waals surface area contributed by atoms with Crippen LogP contribution in [0.2, 0.25) is 0 Å². The predicted octanol–water partition coefficient (Wildman–Crippen LogP) is -0.0953. The van der Waals surface area contributed by atoms with Crippen molar-refractivity contribution in [2.45, 2.75) is 39.0 Å². The summed E-state index contributed by atoms with van der Waals surface area (Å²) < 4.78 is 0. The minimum atomic E-state index is -0.767. The standard InChI is InChI=1S/C8H13NO3/c1-5(10)7-3-4-8(12)9(7)6(2)11/h7-8,12H,3-4H2,1-2H3. The van der Waals surface area contributed by atoms with Crippen molar-refractivity contribution in [2.24, 2.45) is 0 Å². The van der Waals surface area contributed by atoms with E-state index < -0.39 is 12.3 Å². The number of carbonyl (C=O) groups is 2. The van der Waals surface area contributed by atoms with E-state index in [0.29, 0.717) is 12.8 Å². The average Bonchev–Trinajstić information content (AvgIpc) is 2.30. The number of likely N-dealkylation sites (tertiary alicyclic amines) is 1. The Bertz CT molecular complexity index is 214. The van der Waals surface area contributed by atoms with Crippen molar-refractivity contribution in [3.8, 4) is 0 Å². The van der Waals surface area contributed by atoms with Crippen LogP contribution >= 0.6 is 0 Å². The van der Waals surface area contributed by atoms with Gasteiger partial charge in [0, 0.05) is 6.92 Å². The Balaban J connectivity index is 2.77. The Labute approximate surface area is 71.2 Å².